The molecule has 0 saturated heterocycles. The van der Waals surface area contributed by atoms with Gasteiger partial charge >= 0.3 is 0 Å². The maximum absolute atomic E-state index is 12.2. The summed E-state index contributed by atoms with van der Waals surface area (Å²) in [5.74, 6) is -0.388. The molecule has 7 heteroatoms. The lowest BCUT2D eigenvalue weighted by Crippen LogP contribution is -2.31. The molecule has 1 unspecified atom stereocenters. The molecule has 1 saturated carbocycles. The van der Waals surface area contributed by atoms with Gasteiger partial charge < -0.3 is 4.52 Å². The van der Waals surface area contributed by atoms with Gasteiger partial charge in [-0.15, -0.1) is 0 Å². The minimum absolute atomic E-state index is 0.129. The summed E-state index contributed by atoms with van der Waals surface area (Å²) in [4.78, 5) is 12.2. The van der Waals surface area contributed by atoms with Gasteiger partial charge in [-0.3, -0.25) is 10.1 Å². The Labute approximate surface area is 137 Å². The number of amides is 1. The highest BCUT2D eigenvalue weighted by Crippen LogP contribution is 2.28. The van der Waals surface area contributed by atoms with Crippen molar-refractivity contribution < 1.29 is 17.7 Å². The van der Waals surface area contributed by atoms with Gasteiger partial charge in [0.25, 0.3) is 0 Å². The van der Waals surface area contributed by atoms with Crippen LogP contribution in [0.2, 0.25) is 0 Å². The first-order chi connectivity index (χ1) is 10.6. The predicted molar refractivity (Wildman–Crippen MR) is 89.0 cm³/mol. The van der Waals surface area contributed by atoms with Crippen molar-refractivity contribution in [1.29, 1.82) is 0 Å². The molecule has 6 nitrogen and oxygen atoms in total. The topological polar surface area (TPSA) is 89.3 Å². The molecule has 1 fully saturated rings. The van der Waals surface area contributed by atoms with Crippen LogP contribution in [0.15, 0.2) is 10.6 Å². The Hall–Kier alpha value is -1.37. The fourth-order valence-electron chi connectivity index (χ4n) is 2.48. The molecule has 1 amide bonds. The van der Waals surface area contributed by atoms with E-state index in [0.717, 1.165) is 25.0 Å². The van der Waals surface area contributed by atoms with E-state index in [4.69, 9.17) is 4.52 Å². The monoisotopic (exact) mass is 342 g/mol. The lowest BCUT2D eigenvalue weighted by Gasteiger charge is -2.25. The first-order valence-corrected chi connectivity index (χ1v) is 9.87. The number of aromatic nitrogens is 1. The summed E-state index contributed by atoms with van der Waals surface area (Å²) >= 11 is 0. The van der Waals surface area contributed by atoms with Crippen molar-refractivity contribution in [2.75, 3.05) is 16.8 Å². The lowest BCUT2D eigenvalue weighted by molar-refractivity contribution is -0.118. The zero-order valence-electron chi connectivity index (χ0n) is 14.3. The van der Waals surface area contributed by atoms with Crippen LogP contribution in [-0.2, 0) is 20.0 Å². The number of hydrogen-bond donors (Lipinski definition) is 1. The molecule has 1 heterocycles. The van der Waals surface area contributed by atoms with Crippen molar-refractivity contribution in [2.45, 2.75) is 52.4 Å². The van der Waals surface area contributed by atoms with Gasteiger partial charge in [0.05, 0.1) is 17.2 Å². The largest absolute Gasteiger partial charge is 0.338 e. The van der Waals surface area contributed by atoms with Gasteiger partial charge in [-0.25, -0.2) is 8.42 Å². The van der Waals surface area contributed by atoms with E-state index in [1.165, 1.54) is 0 Å². The first-order valence-electron chi connectivity index (χ1n) is 8.05. The molecule has 1 aliphatic carbocycles. The number of carbonyl (C=O) groups is 1. The Morgan fingerprint density at radius 1 is 1.43 bits per heavy atom. The molecule has 2 rings (SSSR count). The number of nitrogens with zero attached hydrogens (tertiary/aromatic N) is 1. The second-order valence-corrected chi connectivity index (χ2v) is 9.74. The molecule has 0 bridgehead atoms. The maximum atomic E-state index is 12.2. The number of rotatable bonds is 6. The molecule has 130 valence electrons. The van der Waals surface area contributed by atoms with Gasteiger partial charge in [-0.1, -0.05) is 39.3 Å². The van der Waals surface area contributed by atoms with Gasteiger partial charge in [0, 0.05) is 17.4 Å². The van der Waals surface area contributed by atoms with Crippen LogP contribution in [0.5, 0.6) is 0 Å². The summed E-state index contributed by atoms with van der Waals surface area (Å²) in [6, 6.07) is 1.67. The number of nitrogens with one attached hydrogen (secondary N) is 1. The third-order valence-electron chi connectivity index (χ3n) is 4.19. The number of sulfone groups is 1. The molecular formula is C16H26N2O4S. The van der Waals surface area contributed by atoms with Gasteiger partial charge in [0.2, 0.25) is 11.8 Å². The minimum atomic E-state index is -3.20. The summed E-state index contributed by atoms with van der Waals surface area (Å²) < 4.78 is 29.3. The Balaban J connectivity index is 1.90. The molecule has 1 aromatic rings. The van der Waals surface area contributed by atoms with Gasteiger partial charge in [-0.2, -0.15) is 0 Å². The van der Waals surface area contributed by atoms with E-state index < -0.39 is 15.8 Å². The maximum Gasteiger partial charge on any atom is 0.231 e. The average molecular weight is 342 g/mol. The predicted octanol–water partition coefficient (Wildman–Crippen LogP) is 2.76. The molecule has 0 spiro atoms. The van der Waals surface area contributed by atoms with Crippen LogP contribution < -0.4 is 5.32 Å². The molecule has 0 aliphatic heterocycles. The fraction of sp³-hybridized carbons (Fsp3) is 0.750. The molecule has 1 N–H and O–H groups in total. The molecule has 0 aromatic carbocycles. The minimum Gasteiger partial charge on any atom is -0.338 e. The summed E-state index contributed by atoms with van der Waals surface area (Å²) in [6.07, 6.45) is 3.07. The number of hydrogen-bond acceptors (Lipinski definition) is 5. The average Bonchev–Trinajstić information content (AvgIpc) is 2.82. The van der Waals surface area contributed by atoms with Crippen molar-refractivity contribution in [3.05, 3.63) is 11.8 Å². The highest BCUT2D eigenvalue weighted by atomic mass is 32.2. The normalized spacial score (nSPS) is 17.6. The Kier molecular flexibility index (Phi) is 5.18. The quantitative estimate of drug-likeness (QED) is 0.858. The van der Waals surface area contributed by atoms with E-state index in [9.17, 15) is 13.2 Å². The van der Waals surface area contributed by atoms with E-state index in [0.29, 0.717) is 0 Å². The van der Waals surface area contributed by atoms with E-state index in [2.05, 4.69) is 10.5 Å². The molecule has 1 aromatic heterocycles. The van der Waals surface area contributed by atoms with Crippen LogP contribution in [0.4, 0.5) is 5.88 Å². The van der Waals surface area contributed by atoms with Crippen molar-refractivity contribution in [3.8, 4) is 0 Å². The molecule has 0 radical (unpaired) electrons. The van der Waals surface area contributed by atoms with Gasteiger partial charge in [0.1, 0.15) is 0 Å². The number of anilines is 1. The van der Waals surface area contributed by atoms with Crippen molar-refractivity contribution in [2.24, 2.45) is 11.8 Å². The molecule has 1 aliphatic rings. The Morgan fingerprint density at radius 2 is 2.09 bits per heavy atom. The summed E-state index contributed by atoms with van der Waals surface area (Å²) in [6.45, 7) is 7.60. The second-order valence-electron chi connectivity index (χ2n) is 7.59. The van der Waals surface area contributed by atoms with E-state index in [-0.39, 0.29) is 34.6 Å². The standard InChI is InChI=1S/C16H26N2O4S/c1-11(9-23(20,21)10-12-6-5-7-12)15(19)17-14-8-13(18-22-14)16(2,3)4/h8,11-12H,5-7,9-10H2,1-4H3,(H,17,19). The lowest BCUT2D eigenvalue weighted by atomic mass is 9.87. The van der Waals surface area contributed by atoms with Crippen molar-refractivity contribution in [3.63, 3.8) is 0 Å². The van der Waals surface area contributed by atoms with Crippen LogP contribution in [0.3, 0.4) is 0 Å². The smallest absolute Gasteiger partial charge is 0.231 e. The Bertz CT molecular complexity index is 654. The van der Waals surface area contributed by atoms with Gasteiger partial charge in [0.15, 0.2) is 9.84 Å². The van der Waals surface area contributed by atoms with E-state index in [1.54, 1.807) is 13.0 Å². The van der Waals surface area contributed by atoms with E-state index >= 15 is 0 Å². The van der Waals surface area contributed by atoms with Crippen molar-refractivity contribution in [1.82, 2.24) is 5.16 Å². The second kappa shape index (κ2) is 6.63. The van der Waals surface area contributed by atoms with Crippen LogP contribution in [0, 0.1) is 11.8 Å². The zero-order chi connectivity index (χ0) is 17.3. The van der Waals surface area contributed by atoms with Crippen molar-refractivity contribution >= 4 is 21.6 Å². The highest BCUT2D eigenvalue weighted by Gasteiger charge is 2.28. The zero-order valence-corrected chi connectivity index (χ0v) is 15.1. The highest BCUT2D eigenvalue weighted by molar-refractivity contribution is 7.91. The SMILES string of the molecule is CC(CS(=O)(=O)CC1CCC1)C(=O)Nc1cc(C(C)(C)C)no1. The van der Waals surface area contributed by atoms with E-state index in [1.807, 2.05) is 20.8 Å². The third-order valence-corrected chi connectivity index (χ3v) is 6.18. The van der Waals surface area contributed by atoms with Crippen LogP contribution in [0.1, 0.15) is 52.7 Å². The van der Waals surface area contributed by atoms with Crippen LogP contribution in [0.25, 0.3) is 0 Å². The Morgan fingerprint density at radius 3 is 2.57 bits per heavy atom. The molecule has 1 atom stereocenters. The summed E-state index contributed by atoms with van der Waals surface area (Å²) in [5, 5.41) is 6.53. The van der Waals surface area contributed by atoms with Crippen LogP contribution in [-0.4, -0.2) is 31.0 Å². The third kappa shape index (κ3) is 5.06. The van der Waals surface area contributed by atoms with Gasteiger partial charge in [-0.05, 0) is 18.8 Å². The summed E-state index contributed by atoms with van der Waals surface area (Å²) in [7, 11) is -3.20. The first kappa shape index (κ1) is 18.0. The number of carbonyl (C=O) groups excluding carboxylic acids is 1. The summed E-state index contributed by atoms with van der Waals surface area (Å²) in [5.41, 5.74) is 0.558. The molecule has 23 heavy (non-hydrogen) atoms. The van der Waals surface area contributed by atoms with Crippen LogP contribution >= 0.6 is 0 Å². The molecular weight excluding hydrogens is 316 g/mol. The fourth-order valence-corrected chi connectivity index (χ4v) is 4.58.